The van der Waals surface area contributed by atoms with Crippen molar-refractivity contribution < 1.29 is 4.39 Å². The quantitative estimate of drug-likeness (QED) is 0.614. The number of aromatic amines is 1. The molecule has 0 radical (unpaired) electrons. The number of aromatic nitrogens is 3. The highest BCUT2D eigenvalue weighted by Crippen LogP contribution is 2.20. The van der Waals surface area contributed by atoms with Gasteiger partial charge in [-0.15, -0.1) is 0 Å². The molecule has 56 valence electrons. The molecule has 0 aliphatic carbocycles. The topological polar surface area (TPSA) is 41.6 Å². The lowest BCUT2D eigenvalue weighted by Gasteiger charge is -1.91. The van der Waals surface area contributed by atoms with Crippen LogP contribution in [-0.4, -0.2) is 15.2 Å². The van der Waals surface area contributed by atoms with Gasteiger partial charge in [-0.3, -0.25) is 5.10 Å². The summed E-state index contributed by atoms with van der Waals surface area (Å²) in [5.74, 6) is -0.443. The minimum atomic E-state index is -0.443. The molecule has 11 heavy (non-hydrogen) atoms. The molecule has 3 nitrogen and oxygen atoms in total. The van der Waals surface area contributed by atoms with E-state index in [0.717, 1.165) is 6.20 Å². The van der Waals surface area contributed by atoms with Gasteiger partial charge in [-0.25, -0.2) is 9.37 Å². The van der Waals surface area contributed by atoms with Crippen LogP contribution in [-0.2, 0) is 0 Å². The number of fused-ring (bicyclic) bond motifs is 1. The Labute approximate surface area is 66.2 Å². The van der Waals surface area contributed by atoms with E-state index in [9.17, 15) is 4.39 Å². The molecule has 1 N–H and O–H groups in total. The molecule has 2 aromatic heterocycles. The molecular weight excluding hydrogens is 169 g/mol. The summed E-state index contributed by atoms with van der Waals surface area (Å²) in [7, 11) is 0. The minimum Gasteiger partial charge on any atom is -0.275 e. The molecule has 0 aliphatic heterocycles. The number of halogens is 2. The van der Waals surface area contributed by atoms with Gasteiger partial charge >= 0.3 is 0 Å². The molecule has 5 heteroatoms. The smallest absolute Gasteiger partial charge is 0.167 e. The van der Waals surface area contributed by atoms with Crippen LogP contribution in [0.2, 0.25) is 5.15 Å². The monoisotopic (exact) mass is 171 g/mol. The number of hydrogen-bond donors (Lipinski definition) is 1. The molecule has 0 fully saturated rings. The molecule has 2 heterocycles. The Morgan fingerprint density at radius 3 is 3.00 bits per heavy atom. The molecule has 0 saturated carbocycles. The van der Waals surface area contributed by atoms with Crippen LogP contribution in [0.1, 0.15) is 0 Å². The number of H-pyrrole nitrogens is 1. The summed E-state index contributed by atoms with van der Waals surface area (Å²) in [5.41, 5.74) is 0.296. The Hall–Kier alpha value is -1.16. The van der Waals surface area contributed by atoms with E-state index >= 15 is 0 Å². The van der Waals surface area contributed by atoms with Crippen molar-refractivity contribution in [3.05, 3.63) is 23.4 Å². The van der Waals surface area contributed by atoms with Gasteiger partial charge in [0.05, 0.1) is 17.8 Å². The van der Waals surface area contributed by atoms with E-state index in [2.05, 4.69) is 15.2 Å². The predicted octanol–water partition coefficient (Wildman–Crippen LogP) is 1.75. The largest absolute Gasteiger partial charge is 0.275 e. The van der Waals surface area contributed by atoms with Gasteiger partial charge in [0.15, 0.2) is 5.82 Å². The molecule has 2 rings (SSSR count). The Kier molecular flexibility index (Phi) is 1.29. The van der Waals surface area contributed by atoms with E-state index in [-0.39, 0.29) is 5.15 Å². The second kappa shape index (κ2) is 2.17. The highest BCUT2D eigenvalue weighted by atomic mass is 35.5. The molecule has 0 amide bonds. The first-order valence-electron chi connectivity index (χ1n) is 2.92. The van der Waals surface area contributed by atoms with E-state index in [1.165, 1.54) is 6.20 Å². The number of nitrogens with zero attached hydrogens (tertiary/aromatic N) is 2. The van der Waals surface area contributed by atoms with Crippen molar-refractivity contribution in [3.63, 3.8) is 0 Å². The van der Waals surface area contributed by atoms with Crippen LogP contribution < -0.4 is 0 Å². The van der Waals surface area contributed by atoms with Crippen molar-refractivity contribution in [2.24, 2.45) is 0 Å². The maximum Gasteiger partial charge on any atom is 0.167 e. The Bertz CT molecular complexity index is 362. The molecule has 0 saturated heterocycles. The number of hydrogen-bond acceptors (Lipinski definition) is 2. The first kappa shape index (κ1) is 6.54. The lowest BCUT2D eigenvalue weighted by atomic mass is 10.3. The fourth-order valence-corrected chi connectivity index (χ4v) is 1.06. The molecular formula is C6H3ClFN3. The normalized spacial score (nSPS) is 10.7. The molecule has 0 aromatic carbocycles. The van der Waals surface area contributed by atoms with E-state index in [1.54, 1.807) is 0 Å². The zero-order valence-electron chi connectivity index (χ0n) is 5.31. The lowest BCUT2D eigenvalue weighted by molar-refractivity contribution is 0.630. The fourth-order valence-electron chi connectivity index (χ4n) is 0.872. The van der Waals surface area contributed by atoms with Gasteiger partial charge in [0.2, 0.25) is 0 Å². The maximum atomic E-state index is 12.8. The van der Waals surface area contributed by atoms with Crippen LogP contribution >= 0.6 is 11.6 Å². The summed E-state index contributed by atoms with van der Waals surface area (Å²) in [6, 6.07) is 0. The molecule has 0 unspecified atom stereocenters. The third-order valence-electron chi connectivity index (χ3n) is 1.39. The zero-order valence-corrected chi connectivity index (χ0v) is 6.06. The fraction of sp³-hybridized carbons (Fsp3) is 0. The molecule has 2 aromatic rings. The summed E-state index contributed by atoms with van der Waals surface area (Å²) in [6.45, 7) is 0. The second-order valence-corrected chi connectivity index (χ2v) is 2.41. The van der Waals surface area contributed by atoms with Gasteiger partial charge in [-0.2, -0.15) is 5.10 Å². The summed E-state index contributed by atoms with van der Waals surface area (Å²) in [6.07, 6.45) is 2.50. The standard InChI is InChI=1S/C6H3ClFN3/c7-6-3-1-10-11-5(3)4(8)2-9-6/h1-2H,(H,10,11). The van der Waals surface area contributed by atoms with Crippen LogP contribution in [0.15, 0.2) is 12.4 Å². The molecule has 0 spiro atoms. The number of nitrogens with one attached hydrogen (secondary N) is 1. The first-order valence-corrected chi connectivity index (χ1v) is 3.30. The summed E-state index contributed by atoms with van der Waals surface area (Å²) in [4.78, 5) is 3.61. The Morgan fingerprint density at radius 1 is 1.45 bits per heavy atom. The average Bonchev–Trinajstić information content (AvgIpc) is 2.45. The van der Waals surface area contributed by atoms with E-state index in [4.69, 9.17) is 11.6 Å². The lowest BCUT2D eigenvalue weighted by Crippen LogP contribution is -1.81. The summed E-state index contributed by atoms with van der Waals surface area (Å²) < 4.78 is 12.8. The number of pyridine rings is 1. The van der Waals surface area contributed by atoms with Crippen molar-refractivity contribution in [2.45, 2.75) is 0 Å². The van der Waals surface area contributed by atoms with E-state index in [0.29, 0.717) is 10.9 Å². The highest BCUT2D eigenvalue weighted by Gasteiger charge is 2.06. The van der Waals surface area contributed by atoms with Gasteiger partial charge in [-0.05, 0) is 0 Å². The van der Waals surface area contributed by atoms with Crippen LogP contribution in [0.3, 0.4) is 0 Å². The van der Waals surface area contributed by atoms with Crippen molar-refractivity contribution >= 4 is 22.5 Å². The summed E-state index contributed by atoms with van der Waals surface area (Å²) in [5, 5.41) is 6.88. The van der Waals surface area contributed by atoms with Crippen LogP contribution in [0.5, 0.6) is 0 Å². The van der Waals surface area contributed by atoms with Crippen LogP contribution in [0, 0.1) is 5.82 Å². The van der Waals surface area contributed by atoms with Crippen molar-refractivity contribution in [3.8, 4) is 0 Å². The zero-order chi connectivity index (χ0) is 7.84. The van der Waals surface area contributed by atoms with Gasteiger partial charge < -0.3 is 0 Å². The molecule has 0 bridgehead atoms. The van der Waals surface area contributed by atoms with Gasteiger partial charge in [0, 0.05) is 0 Å². The van der Waals surface area contributed by atoms with Gasteiger partial charge in [-0.1, -0.05) is 11.6 Å². The Morgan fingerprint density at radius 2 is 2.27 bits per heavy atom. The van der Waals surface area contributed by atoms with Gasteiger partial charge in [0.25, 0.3) is 0 Å². The van der Waals surface area contributed by atoms with Gasteiger partial charge in [0.1, 0.15) is 10.7 Å². The SMILES string of the molecule is Fc1cnc(Cl)c2cn[nH]c12. The Balaban J connectivity index is 2.96. The van der Waals surface area contributed by atoms with Crippen LogP contribution in [0.4, 0.5) is 4.39 Å². The third kappa shape index (κ3) is 0.867. The minimum absolute atomic E-state index is 0.259. The van der Waals surface area contributed by atoms with E-state index in [1.807, 2.05) is 0 Å². The van der Waals surface area contributed by atoms with Crippen molar-refractivity contribution in [1.29, 1.82) is 0 Å². The molecule has 0 atom stereocenters. The predicted molar refractivity (Wildman–Crippen MR) is 38.9 cm³/mol. The van der Waals surface area contributed by atoms with E-state index < -0.39 is 5.82 Å². The van der Waals surface area contributed by atoms with Crippen molar-refractivity contribution in [2.75, 3.05) is 0 Å². The second-order valence-electron chi connectivity index (χ2n) is 2.06. The summed E-state index contributed by atoms with van der Waals surface area (Å²) >= 11 is 5.63. The third-order valence-corrected chi connectivity index (χ3v) is 1.69. The van der Waals surface area contributed by atoms with Crippen LogP contribution in [0.25, 0.3) is 10.9 Å². The highest BCUT2D eigenvalue weighted by molar-refractivity contribution is 6.34. The maximum absolute atomic E-state index is 12.8. The first-order chi connectivity index (χ1) is 5.29. The molecule has 0 aliphatic rings. The average molecular weight is 172 g/mol. The number of rotatable bonds is 0. The van der Waals surface area contributed by atoms with Crippen molar-refractivity contribution in [1.82, 2.24) is 15.2 Å².